The van der Waals surface area contributed by atoms with E-state index in [2.05, 4.69) is 4.90 Å². The summed E-state index contributed by atoms with van der Waals surface area (Å²) in [5.74, 6) is 2.14. The first-order valence-corrected chi connectivity index (χ1v) is 13.6. The van der Waals surface area contributed by atoms with Gasteiger partial charge in [-0.25, -0.2) is 9.59 Å². The molecule has 3 aliphatic heterocycles. The Hall–Kier alpha value is -4.42. The third kappa shape index (κ3) is 4.96. The van der Waals surface area contributed by atoms with Crippen molar-refractivity contribution in [3.8, 4) is 39.9 Å². The molecule has 3 aromatic rings. The van der Waals surface area contributed by atoms with E-state index >= 15 is 0 Å². The molecule has 0 aromatic heterocycles. The van der Waals surface area contributed by atoms with Crippen LogP contribution in [0, 0.1) is 0 Å². The first-order chi connectivity index (χ1) is 20.4. The quantitative estimate of drug-likeness (QED) is 0.395. The minimum absolute atomic E-state index is 0.0232. The summed E-state index contributed by atoms with van der Waals surface area (Å²) in [5.41, 5.74) is 2.37. The fourth-order valence-electron chi connectivity index (χ4n) is 5.70. The molecule has 1 fully saturated rings. The van der Waals surface area contributed by atoms with Gasteiger partial charge in [-0.1, -0.05) is 6.07 Å². The van der Waals surface area contributed by atoms with Gasteiger partial charge in [0.1, 0.15) is 25.1 Å². The summed E-state index contributed by atoms with van der Waals surface area (Å²) in [6.45, 7) is 2.73. The lowest BCUT2D eigenvalue weighted by Gasteiger charge is -2.34. The van der Waals surface area contributed by atoms with Crippen LogP contribution in [0.4, 0.5) is 4.79 Å². The van der Waals surface area contributed by atoms with Gasteiger partial charge in [0.2, 0.25) is 6.79 Å². The second-order valence-corrected chi connectivity index (χ2v) is 10.2. The molecule has 12 heteroatoms. The molecule has 1 atom stereocenters. The van der Waals surface area contributed by atoms with E-state index in [1.54, 1.807) is 19.1 Å². The van der Waals surface area contributed by atoms with Gasteiger partial charge in [0.05, 0.1) is 26.9 Å². The average Bonchev–Trinajstić information content (AvgIpc) is 3.64. The molecule has 0 spiro atoms. The fourth-order valence-corrected chi connectivity index (χ4v) is 5.70. The molecule has 12 nitrogen and oxygen atoms in total. The zero-order valence-corrected chi connectivity index (χ0v) is 23.6. The van der Waals surface area contributed by atoms with Gasteiger partial charge in [0.15, 0.2) is 23.0 Å². The lowest BCUT2D eigenvalue weighted by atomic mass is 9.89. The highest BCUT2D eigenvalue weighted by molar-refractivity contribution is 6.14. The van der Waals surface area contributed by atoms with Crippen LogP contribution in [0.15, 0.2) is 30.3 Å². The normalized spacial score (nSPS) is 16.7. The Bertz CT molecular complexity index is 1530. The van der Waals surface area contributed by atoms with Crippen molar-refractivity contribution in [3.05, 3.63) is 41.5 Å². The van der Waals surface area contributed by atoms with Gasteiger partial charge in [-0.2, -0.15) is 0 Å². The molecule has 222 valence electrons. The van der Waals surface area contributed by atoms with Crippen LogP contribution in [0.2, 0.25) is 0 Å². The number of hydrogen-bond acceptors (Lipinski definition) is 11. The number of aliphatic hydroxyl groups excluding tert-OH is 1. The number of methoxy groups -OCH3 is 3. The minimum atomic E-state index is -0.827. The summed E-state index contributed by atoms with van der Waals surface area (Å²) >= 11 is 0. The minimum Gasteiger partial charge on any atom is -0.493 e. The lowest BCUT2D eigenvalue weighted by Crippen LogP contribution is -2.50. The van der Waals surface area contributed by atoms with Gasteiger partial charge >= 0.3 is 12.1 Å². The van der Waals surface area contributed by atoms with Gasteiger partial charge in [-0.05, 0) is 35.2 Å². The maximum Gasteiger partial charge on any atom is 0.409 e. The van der Waals surface area contributed by atoms with Crippen molar-refractivity contribution >= 4 is 22.8 Å². The number of amides is 1. The number of nitrogens with zero attached hydrogens (tertiary/aromatic N) is 2. The Morgan fingerprint density at radius 1 is 0.929 bits per heavy atom. The van der Waals surface area contributed by atoms with E-state index in [-0.39, 0.29) is 26.1 Å². The van der Waals surface area contributed by atoms with Crippen LogP contribution in [0.3, 0.4) is 0 Å². The molecule has 6 rings (SSSR count). The van der Waals surface area contributed by atoms with Gasteiger partial charge in [0, 0.05) is 49.2 Å². The van der Waals surface area contributed by atoms with Crippen molar-refractivity contribution in [1.82, 2.24) is 9.80 Å². The van der Waals surface area contributed by atoms with Crippen molar-refractivity contribution in [2.24, 2.45) is 0 Å². The van der Waals surface area contributed by atoms with E-state index in [1.165, 1.54) is 7.11 Å². The fraction of sp³-hybridized carbons (Fsp3) is 0.400. The molecule has 1 amide bonds. The van der Waals surface area contributed by atoms with E-state index in [0.29, 0.717) is 88.9 Å². The largest absolute Gasteiger partial charge is 0.493 e. The Kier molecular flexibility index (Phi) is 7.56. The number of cyclic esters (lactones) is 1. The molecule has 1 N–H and O–H groups in total. The third-order valence-electron chi connectivity index (χ3n) is 7.77. The second kappa shape index (κ2) is 11.5. The zero-order valence-electron chi connectivity index (χ0n) is 23.6. The summed E-state index contributed by atoms with van der Waals surface area (Å²) in [5, 5.41) is 12.3. The van der Waals surface area contributed by atoms with Crippen LogP contribution in [0.1, 0.15) is 15.9 Å². The first-order valence-electron chi connectivity index (χ1n) is 13.6. The number of carbonyl (C=O) groups excluding carboxylic acids is 2. The molecule has 0 aliphatic carbocycles. The van der Waals surface area contributed by atoms with Crippen molar-refractivity contribution in [2.75, 3.05) is 67.5 Å². The highest BCUT2D eigenvalue weighted by atomic mass is 16.7. The number of carbonyl (C=O) groups is 2. The molecule has 0 saturated carbocycles. The lowest BCUT2D eigenvalue weighted by molar-refractivity contribution is 0.0429. The van der Waals surface area contributed by atoms with Crippen molar-refractivity contribution in [3.63, 3.8) is 0 Å². The number of hydrogen-bond donors (Lipinski definition) is 1. The maximum absolute atomic E-state index is 13.2. The number of esters is 1. The van der Waals surface area contributed by atoms with E-state index in [0.717, 1.165) is 5.56 Å². The average molecular weight is 581 g/mol. The molecule has 1 unspecified atom stereocenters. The van der Waals surface area contributed by atoms with E-state index in [4.69, 9.17) is 33.2 Å². The summed E-state index contributed by atoms with van der Waals surface area (Å²) < 4.78 is 38.9. The van der Waals surface area contributed by atoms with Crippen LogP contribution >= 0.6 is 0 Å². The standard InChI is InChI=1S/C30H32N2O10/c1-36-23-11-19-20(12-24(23)37-2)28(39-14-18(33)13-31-6-8-32(9-7-31)30(35)38-3)21-15-40-29(34)27(21)26(19)17-4-5-22-25(10-17)42-16-41-22/h4-5,10-12,18,33H,6-9,13-16H2,1-3H3. The third-order valence-corrected chi connectivity index (χ3v) is 7.77. The van der Waals surface area contributed by atoms with Crippen LogP contribution in [0.25, 0.3) is 21.9 Å². The molecule has 1 saturated heterocycles. The Labute approximate surface area is 242 Å². The Morgan fingerprint density at radius 2 is 1.64 bits per heavy atom. The number of fused-ring (bicyclic) bond motifs is 3. The SMILES string of the molecule is COC(=O)N1CCN(CC(O)COc2c3c(c(-c4ccc5c(c4)OCO5)c4cc(OC)c(OC)cc24)C(=O)OC3)CC1. The molecular weight excluding hydrogens is 548 g/mol. The molecule has 42 heavy (non-hydrogen) atoms. The second-order valence-electron chi connectivity index (χ2n) is 10.2. The zero-order chi connectivity index (χ0) is 29.4. The van der Waals surface area contributed by atoms with Gasteiger partial charge < -0.3 is 43.2 Å². The molecule has 3 aromatic carbocycles. The number of rotatable bonds is 8. The Morgan fingerprint density at radius 3 is 2.36 bits per heavy atom. The van der Waals surface area contributed by atoms with Crippen LogP contribution < -0.4 is 23.7 Å². The van der Waals surface area contributed by atoms with Crippen LogP contribution in [-0.4, -0.2) is 101 Å². The van der Waals surface area contributed by atoms with E-state index in [1.807, 2.05) is 30.3 Å². The van der Waals surface area contributed by atoms with Crippen molar-refractivity contribution in [2.45, 2.75) is 12.7 Å². The smallest absolute Gasteiger partial charge is 0.409 e. The molecular formula is C30H32N2O10. The predicted octanol–water partition coefficient (Wildman–Crippen LogP) is 3.05. The molecule has 0 bridgehead atoms. The van der Waals surface area contributed by atoms with Crippen LogP contribution in [0.5, 0.6) is 28.7 Å². The molecule has 3 aliphatic rings. The Balaban J connectivity index is 1.35. The van der Waals surface area contributed by atoms with Gasteiger partial charge in [-0.15, -0.1) is 0 Å². The summed E-state index contributed by atoms with van der Waals surface area (Å²) in [4.78, 5) is 28.7. The monoisotopic (exact) mass is 580 g/mol. The van der Waals surface area contributed by atoms with E-state index < -0.39 is 12.1 Å². The van der Waals surface area contributed by atoms with E-state index in [9.17, 15) is 14.7 Å². The maximum atomic E-state index is 13.2. The highest BCUT2D eigenvalue weighted by Gasteiger charge is 2.34. The van der Waals surface area contributed by atoms with Gasteiger partial charge in [-0.3, -0.25) is 4.90 Å². The summed E-state index contributed by atoms with van der Waals surface area (Å²) in [6.07, 6.45) is -1.18. The molecule has 0 radical (unpaired) electrons. The number of benzene rings is 3. The predicted molar refractivity (Wildman–Crippen MR) is 150 cm³/mol. The topological polar surface area (TPSA) is 125 Å². The number of aliphatic hydroxyl groups is 1. The number of β-amino-alcohol motifs (C(OH)–C–C–N with tert-alkyl or cyclic N) is 1. The molecule has 3 heterocycles. The first kappa shape index (κ1) is 27.7. The van der Waals surface area contributed by atoms with Crippen LogP contribution in [-0.2, 0) is 16.1 Å². The van der Waals surface area contributed by atoms with Gasteiger partial charge in [0.25, 0.3) is 0 Å². The highest BCUT2D eigenvalue weighted by Crippen LogP contribution is 2.49. The van der Waals surface area contributed by atoms with Crippen molar-refractivity contribution in [1.29, 1.82) is 0 Å². The summed E-state index contributed by atoms with van der Waals surface area (Å²) in [6, 6.07) is 9.13. The van der Waals surface area contributed by atoms with Crippen molar-refractivity contribution < 1.29 is 47.9 Å². The number of piperazine rings is 1. The number of ether oxygens (including phenoxy) is 7. The summed E-state index contributed by atoms with van der Waals surface area (Å²) in [7, 11) is 4.46.